The van der Waals surface area contributed by atoms with Crippen LogP contribution in [0.15, 0.2) is 41.1 Å². The van der Waals surface area contributed by atoms with Gasteiger partial charge in [0, 0.05) is 12.6 Å². The highest BCUT2D eigenvalue weighted by molar-refractivity contribution is 7.71. The third-order valence-electron chi connectivity index (χ3n) is 4.06. The smallest absolute Gasteiger partial charge is 0.202 e. The summed E-state index contributed by atoms with van der Waals surface area (Å²) >= 11 is 7.24. The molecule has 0 saturated heterocycles. The Bertz CT molecular complexity index is 885. The summed E-state index contributed by atoms with van der Waals surface area (Å²) in [4.78, 5) is 1.32. The van der Waals surface area contributed by atoms with Gasteiger partial charge in [-0.05, 0) is 53.3 Å². The fourth-order valence-electron chi connectivity index (χ4n) is 2.63. The van der Waals surface area contributed by atoms with E-state index in [-0.39, 0.29) is 0 Å². The minimum atomic E-state index is 0.364. The first-order chi connectivity index (χ1) is 12.6. The third-order valence-corrected chi connectivity index (χ3v) is 5.28. The Balaban J connectivity index is 1.63. The highest BCUT2D eigenvalue weighted by Gasteiger charge is 2.12. The Morgan fingerprint density at radius 2 is 1.92 bits per heavy atom. The lowest BCUT2D eigenvalue weighted by molar-refractivity contribution is -0.917. The molecule has 1 N–H and O–H groups in total. The van der Waals surface area contributed by atoms with Crippen LogP contribution < -0.4 is 14.4 Å². The van der Waals surface area contributed by atoms with E-state index in [1.54, 1.807) is 18.4 Å². The van der Waals surface area contributed by atoms with Crippen molar-refractivity contribution in [3.63, 3.8) is 0 Å². The lowest BCUT2D eigenvalue weighted by Crippen LogP contribution is -3.06. The Kier molecular flexibility index (Phi) is 6.08. The summed E-state index contributed by atoms with van der Waals surface area (Å²) in [7, 11) is 5.71. The van der Waals surface area contributed by atoms with E-state index in [0.29, 0.717) is 18.0 Å². The molecular formula is C18H23N4O2S2+. The van der Waals surface area contributed by atoms with Gasteiger partial charge in [0.05, 0.1) is 14.2 Å². The van der Waals surface area contributed by atoms with Crippen molar-refractivity contribution in [1.29, 1.82) is 0 Å². The summed E-state index contributed by atoms with van der Waals surface area (Å²) in [6, 6.07) is 9.65. The Labute approximate surface area is 162 Å². The SMILES string of the molecule is COc1ccc(OCc2nn(C[NH+](C)Cc3ccsc3)c(=S)n2C)cc1. The van der Waals surface area contributed by atoms with Gasteiger partial charge in [-0.2, -0.15) is 16.0 Å². The van der Waals surface area contributed by atoms with Crippen LogP contribution in [0.5, 0.6) is 11.5 Å². The van der Waals surface area contributed by atoms with Crippen LogP contribution in [-0.4, -0.2) is 28.5 Å². The van der Waals surface area contributed by atoms with Crippen LogP contribution in [0.3, 0.4) is 0 Å². The van der Waals surface area contributed by atoms with Gasteiger partial charge in [0.1, 0.15) is 24.7 Å². The second-order valence-corrected chi connectivity index (χ2v) is 7.29. The third kappa shape index (κ3) is 4.51. The predicted molar refractivity (Wildman–Crippen MR) is 104 cm³/mol. The molecule has 26 heavy (non-hydrogen) atoms. The number of methoxy groups -OCH3 is 1. The first kappa shape index (κ1) is 18.6. The number of nitrogens with zero attached hydrogens (tertiary/aromatic N) is 3. The summed E-state index contributed by atoms with van der Waals surface area (Å²) < 4.78 is 15.4. The van der Waals surface area contributed by atoms with Crippen LogP contribution in [0.4, 0.5) is 0 Å². The Morgan fingerprint density at radius 3 is 2.58 bits per heavy atom. The first-order valence-corrected chi connectivity index (χ1v) is 9.64. The molecule has 1 atom stereocenters. The van der Waals surface area contributed by atoms with Gasteiger partial charge in [0.25, 0.3) is 0 Å². The molecule has 1 unspecified atom stereocenters. The maximum absolute atomic E-state index is 5.83. The molecule has 8 heteroatoms. The standard InChI is InChI=1S/C18H22N4O2S2/c1-20(10-14-8-9-26-12-14)13-22-18(25)21(2)17(19-22)11-24-16-6-4-15(23-3)5-7-16/h4-9,12H,10-11,13H2,1-3H3/p+1. The first-order valence-electron chi connectivity index (χ1n) is 8.28. The lowest BCUT2D eigenvalue weighted by Gasteiger charge is -2.12. The molecule has 1 aromatic carbocycles. The van der Waals surface area contributed by atoms with E-state index in [1.807, 2.05) is 40.6 Å². The fraction of sp³-hybridized carbons (Fsp3) is 0.333. The summed E-state index contributed by atoms with van der Waals surface area (Å²) in [5, 5.41) is 8.91. The molecule has 2 aromatic heterocycles. The number of ether oxygens (including phenoxy) is 2. The van der Waals surface area contributed by atoms with Crippen molar-refractivity contribution in [3.8, 4) is 11.5 Å². The average molecular weight is 392 g/mol. The van der Waals surface area contributed by atoms with E-state index < -0.39 is 0 Å². The van der Waals surface area contributed by atoms with Crippen LogP contribution in [0, 0.1) is 4.77 Å². The molecule has 0 bridgehead atoms. The molecule has 3 rings (SSSR count). The van der Waals surface area contributed by atoms with E-state index in [1.165, 1.54) is 10.5 Å². The minimum Gasteiger partial charge on any atom is -0.497 e. The Hall–Kier alpha value is -2.16. The summed E-state index contributed by atoms with van der Waals surface area (Å²) in [6.45, 7) is 2.02. The molecule has 138 valence electrons. The van der Waals surface area contributed by atoms with Gasteiger partial charge in [-0.25, -0.2) is 0 Å². The number of benzene rings is 1. The molecule has 0 aliphatic rings. The number of thiophene rings is 1. The van der Waals surface area contributed by atoms with Crippen molar-refractivity contribution in [2.45, 2.75) is 19.8 Å². The zero-order valence-electron chi connectivity index (χ0n) is 15.1. The van der Waals surface area contributed by atoms with Crippen molar-refractivity contribution < 1.29 is 14.4 Å². The zero-order valence-corrected chi connectivity index (χ0v) is 16.8. The zero-order chi connectivity index (χ0) is 18.5. The van der Waals surface area contributed by atoms with E-state index >= 15 is 0 Å². The molecule has 0 saturated carbocycles. The summed E-state index contributed by atoms with van der Waals surface area (Å²) in [5.74, 6) is 2.37. The highest BCUT2D eigenvalue weighted by atomic mass is 32.1. The van der Waals surface area contributed by atoms with Crippen LogP contribution >= 0.6 is 23.6 Å². The molecule has 0 radical (unpaired) electrons. The monoisotopic (exact) mass is 391 g/mol. The maximum atomic E-state index is 5.83. The minimum absolute atomic E-state index is 0.364. The van der Waals surface area contributed by atoms with Gasteiger partial charge < -0.3 is 18.9 Å². The molecule has 0 fully saturated rings. The van der Waals surface area contributed by atoms with E-state index in [4.69, 9.17) is 21.7 Å². The maximum Gasteiger partial charge on any atom is 0.202 e. The van der Waals surface area contributed by atoms with Gasteiger partial charge in [0.15, 0.2) is 12.5 Å². The quantitative estimate of drug-likeness (QED) is 0.599. The van der Waals surface area contributed by atoms with Crippen LogP contribution in [0.2, 0.25) is 0 Å². The van der Waals surface area contributed by atoms with Crippen molar-refractivity contribution in [2.24, 2.45) is 7.05 Å². The number of quaternary nitrogens is 1. The second kappa shape index (κ2) is 8.48. The summed E-state index contributed by atoms with van der Waals surface area (Å²) in [6.07, 6.45) is 0. The topological polar surface area (TPSA) is 45.6 Å². The number of rotatable bonds is 8. The molecule has 3 aromatic rings. The predicted octanol–water partition coefficient (Wildman–Crippen LogP) is 2.27. The van der Waals surface area contributed by atoms with Gasteiger partial charge in [-0.15, -0.1) is 5.10 Å². The Morgan fingerprint density at radius 1 is 1.19 bits per heavy atom. The van der Waals surface area contributed by atoms with Crippen LogP contribution in [0.1, 0.15) is 11.4 Å². The molecule has 0 spiro atoms. The van der Waals surface area contributed by atoms with Gasteiger partial charge in [0.2, 0.25) is 4.77 Å². The molecular weight excluding hydrogens is 368 g/mol. The van der Waals surface area contributed by atoms with E-state index in [0.717, 1.165) is 23.9 Å². The second-order valence-electron chi connectivity index (χ2n) is 6.15. The van der Waals surface area contributed by atoms with E-state index in [2.05, 4.69) is 29.0 Å². The normalized spacial score (nSPS) is 12.1. The van der Waals surface area contributed by atoms with Crippen molar-refractivity contribution in [2.75, 3.05) is 14.2 Å². The molecule has 0 aliphatic carbocycles. The highest BCUT2D eigenvalue weighted by Crippen LogP contribution is 2.18. The number of aromatic nitrogens is 3. The van der Waals surface area contributed by atoms with Crippen molar-refractivity contribution in [3.05, 3.63) is 57.3 Å². The number of hydrogen-bond donors (Lipinski definition) is 1. The number of nitrogens with one attached hydrogen (secondary N) is 1. The fourth-order valence-corrected chi connectivity index (χ4v) is 3.51. The van der Waals surface area contributed by atoms with Gasteiger partial charge in [-0.1, -0.05) is 0 Å². The van der Waals surface area contributed by atoms with Crippen LogP contribution in [-0.2, 0) is 26.9 Å². The van der Waals surface area contributed by atoms with Crippen LogP contribution in [0.25, 0.3) is 0 Å². The van der Waals surface area contributed by atoms with Gasteiger partial charge in [-0.3, -0.25) is 0 Å². The lowest BCUT2D eigenvalue weighted by atomic mass is 10.3. The van der Waals surface area contributed by atoms with E-state index in [9.17, 15) is 0 Å². The van der Waals surface area contributed by atoms with Gasteiger partial charge >= 0.3 is 0 Å². The molecule has 0 amide bonds. The molecule has 2 heterocycles. The largest absolute Gasteiger partial charge is 0.497 e. The van der Waals surface area contributed by atoms with Crippen molar-refractivity contribution in [1.82, 2.24) is 14.3 Å². The van der Waals surface area contributed by atoms with Crippen molar-refractivity contribution >= 4 is 23.6 Å². The molecule has 6 nitrogen and oxygen atoms in total. The molecule has 0 aliphatic heterocycles. The summed E-state index contributed by atoms with van der Waals surface area (Å²) in [5.41, 5.74) is 1.33. The average Bonchev–Trinajstić information content (AvgIpc) is 3.24. The number of hydrogen-bond acceptors (Lipinski definition) is 5.